The Kier molecular flexibility index (Phi) is 5.19. The van der Waals surface area contributed by atoms with Crippen LogP contribution >= 0.6 is 11.6 Å². The molecule has 2 N–H and O–H groups in total. The second kappa shape index (κ2) is 7.56. The largest absolute Gasteiger partial charge is 0.463 e. The highest BCUT2D eigenvalue weighted by Crippen LogP contribution is 2.42. The first-order chi connectivity index (χ1) is 13.0. The van der Waals surface area contributed by atoms with Gasteiger partial charge in [-0.3, -0.25) is 0 Å². The molecule has 2 heterocycles. The zero-order valence-electron chi connectivity index (χ0n) is 14.8. The van der Waals surface area contributed by atoms with E-state index in [-0.39, 0.29) is 29.4 Å². The molecule has 0 spiro atoms. The van der Waals surface area contributed by atoms with Gasteiger partial charge in [-0.05, 0) is 31.5 Å². The Morgan fingerprint density at radius 1 is 1.52 bits per heavy atom. The van der Waals surface area contributed by atoms with Crippen molar-refractivity contribution in [1.29, 1.82) is 5.26 Å². The molecule has 138 valence electrons. The summed E-state index contributed by atoms with van der Waals surface area (Å²) < 4.78 is 12.3. The molecule has 1 aliphatic rings. The van der Waals surface area contributed by atoms with E-state index in [4.69, 9.17) is 26.8 Å². The van der Waals surface area contributed by atoms with Gasteiger partial charge in [0.1, 0.15) is 17.4 Å². The van der Waals surface area contributed by atoms with Crippen molar-refractivity contribution in [2.24, 2.45) is 5.73 Å². The Morgan fingerprint density at radius 2 is 2.30 bits per heavy atom. The number of hydrogen-bond acceptors (Lipinski definition) is 6. The van der Waals surface area contributed by atoms with Crippen molar-refractivity contribution in [1.82, 2.24) is 9.55 Å². The van der Waals surface area contributed by atoms with E-state index in [2.05, 4.69) is 4.98 Å². The molecule has 1 aromatic heterocycles. The fraction of sp³-hybridized carbons (Fsp3) is 0.211. The summed E-state index contributed by atoms with van der Waals surface area (Å²) in [5, 5.41) is 9.98. The molecule has 0 fully saturated rings. The lowest BCUT2D eigenvalue weighted by Crippen LogP contribution is -2.25. The maximum Gasteiger partial charge on any atom is 0.338 e. The van der Waals surface area contributed by atoms with Gasteiger partial charge in [0.15, 0.2) is 0 Å². The average molecular weight is 385 g/mol. The third-order valence-corrected chi connectivity index (χ3v) is 4.53. The van der Waals surface area contributed by atoms with E-state index in [1.165, 1.54) is 0 Å². The second-order valence-corrected chi connectivity index (χ2v) is 6.20. The van der Waals surface area contributed by atoms with Crippen LogP contribution in [0.25, 0.3) is 5.69 Å². The van der Waals surface area contributed by atoms with Gasteiger partial charge in [-0.1, -0.05) is 17.7 Å². The Bertz CT molecular complexity index is 987. The summed E-state index contributed by atoms with van der Waals surface area (Å²) in [4.78, 5) is 16.5. The Hall–Kier alpha value is -3.24. The predicted octanol–water partition coefficient (Wildman–Crippen LogP) is 3.17. The van der Waals surface area contributed by atoms with Crippen LogP contribution < -0.4 is 5.73 Å². The van der Waals surface area contributed by atoms with Crippen LogP contribution in [0.3, 0.4) is 0 Å². The third kappa shape index (κ3) is 3.39. The maximum atomic E-state index is 12.5. The summed E-state index contributed by atoms with van der Waals surface area (Å²) in [6, 6.07) is 7.34. The van der Waals surface area contributed by atoms with Crippen LogP contribution in [-0.2, 0) is 14.3 Å². The van der Waals surface area contributed by atoms with Crippen LogP contribution in [0.2, 0.25) is 5.02 Å². The van der Waals surface area contributed by atoms with E-state index >= 15 is 0 Å². The molecule has 0 bridgehead atoms. The number of esters is 1. The summed E-state index contributed by atoms with van der Waals surface area (Å²) in [5.74, 6) is -1.12. The minimum Gasteiger partial charge on any atom is -0.463 e. The standard InChI is InChI=1S/C19H17ClN4O3/c1-3-26-19(25)16-11(2)27-18(22)14(9-21)17(16)13-5-4-12(8-15(13)20)24-7-6-23-10-24/h4-8,10,17H,3,22H2,1-2H3. The van der Waals surface area contributed by atoms with Gasteiger partial charge in [-0.15, -0.1) is 0 Å². The molecule has 0 amide bonds. The van der Waals surface area contributed by atoms with Crippen LogP contribution in [0.1, 0.15) is 25.3 Å². The van der Waals surface area contributed by atoms with Gasteiger partial charge in [0.05, 0.1) is 24.4 Å². The average Bonchev–Trinajstić information content (AvgIpc) is 3.16. The van der Waals surface area contributed by atoms with E-state index in [9.17, 15) is 10.1 Å². The second-order valence-electron chi connectivity index (χ2n) is 5.79. The Balaban J connectivity index is 2.14. The number of allylic oxidation sites excluding steroid dienone is 2. The summed E-state index contributed by atoms with van der Waals surface area (Å²) in [6.45, 7) is 3.50. The van der Waals surface area contributed by atoms with Crippen molar-refractivity contribution in [3.05, 3.63) is 70.3 Å². The van der Waals surface area contributed by atoms with Crippen LogP contribution in [0.5, 0.6) is 0 Å². The number of nitrogens with two attached hydrogens (primary N) is 1. The summed E-state index contributed by atoms with van der Waals surface area (Å²) in [7, 11) is 0. The third-order valence-electron chi connectivity index (χ3n) is 4.20. The minimum absolute atomic E-state index is 0.0530. The van der Waals surface area contributed by atoms with Gasteiger partial charge >= 0.3 is 5.97 Å². The molecule has 2 aromatic rings. The SMILES string of the molecule is CCOC(=O)C1=C(C)OC(N)=C(C#N)C1c1ccc(-n2ccnc2)cc1Cl. The fourth-order valence-electron chi connectivity index (χ4n) is 2.99. The summed E-state index contributed by atoms with van der Waals surface area (Å²) in [5.41, 5.74) is 7.57. The van der Waals surface area contributed by atoms with Crippen LogP contribution in [0.15, 0.2) is 59.7 Å². The highest BCUT2D eigenvalue weighted by molar-refractivity contribution is 6.31. The molecular weight excluding hydrogens is 368 g/mol. The van der Waals surface area contributed by atoms with Crippen LogP contribution in [-0.4, -0.2) is 22.1 Å². The Morgan fingerprint density at radius 3 is 2.89 bits per heavy atom. The summed E-state index contributed by atoms with van der Waals surface area (Å²) in [6.07, 6.45) is 5.08. The van der Waals surface area contributed by atoms with Gasteiger partial charge in [0, 0.05) is 23.1 Å². The number of benzene rings is 1. The molecule has 1 unspecified atom stereocenters. The predicted molar refractivity (Wildman–Crippen MR) is 98.6 cm³/mol. The van der Waals surface area contributed by atoms with Gasteiger partial charge in [0.25, 0.3) is 0 Å². The number of nitriles is 1. The summed E-state index contributed by atoms with van der Waals surface area (Å²) >= 11 is 6.52. The minimum atomic E-state index is -0.771. The van der Waals surface area contributed by atoms with Crippen molar-refractivity contribution in [3.63, 3.8) is 0 Å². The van der Waals surface area contributed by atoms with Crippen molar-refractivity contribution < 1.29 is 14.3 Å². The van der Waals surface area contributed by atoms with E-state index in [1.54, 1.807) is 49.3 Å². The number of carbonyl (C=O) groups excluding carboxylic acids is 1. The van der Waals surface area contributed by atoms with Gasteiger partial charge < -0.3 is 19.8 Å². The first-order valence-corrected chi connectivity index (χ1v) is 8.59. The zero-order chi connectivity index (χ0) is 19.6. The lowest BCUT2D eigenvalue weighted by Gasteiger charge is -2.27. The first-order valence-electron chi connectivity index (χ1n) is 8.21. The lowest BCUT2D eigenvalue weighted by atomic mass is 9.83. The smallest absolute Gasteiger partial charge is 0.338 e. The monoisotopic (exact) mass is 384 g/mol. The van der Waals surface area contributed by atoms with Crippen LogP contribution in [0.4, 0.5) is 0 Å². The lowest BCUT2D eigenvalue weighted by molar-refractivity contribution is -0.139. The molecule has 0 radical (unpaired) electrons. The van der Waals surface area contributed by atoms with Gasteiger partial charge in [-0.25, -0.2) is 9.78 Å². The number of halogens is 1. The zero-order valence-corrected chi connectivity index (χ0v) is 15.5. The molecular formula is C19H17ClN4O3. The normalized spacial score (nSPS) is 16.7. The number of imidazole rings is 1. The molecule has 1 atom stereocenters. The highest BCUT2D eigenvalue weighted by atomic mass is 35.5. The Labute approximate surface area is 161 Å². The highest BCUT2D eigenvalue weighted by Gasteiger charge is 2.37. The molecule has 0 saturated carbocycles. The number of hydrogen-bond donors (Lipinski definition) is 1. The number of ether oxygens (including phenoxy) is 2. The molecule has 0 aliphatic carbocycles. The van der Waals surface area contributed by atoms with Crippen molar-refractivity contribution >= 4 is 17.6 Å². The topological polar surface area (TPSA) is 103 Å². The van der Waals surface area contributed by atoms with Gasteiger partial charge in [-0.2, -0.15) is 5.26 Å². The molecule has 1 aromatic carbocycles. The van der Waals surface area contributed by atoms with Crippen molar-refractivity contribution in [2.75, 3.05) is 6.61 Å². The van der Waals surface area contributed by atoms with Crippen molar-refractivity contribution in [3.8, 4) is 11.8 Å². The maximum absolute atomic E-state index is 12.5. The molecule has 1 aliphatic heterocycles. The van der Waals surface area contributed by atoms with E-state index in [0.717, 1.165) is 5.69 Å². The number of carbonyl (C=O) groups is 1. The molecule has 7 nitrogen and oxygen atoms in total. The number of aromatic nitrogens is 2. The van der Waals surface area contributed by atoms with E-state index in [0.29, 0.717) is 10.6 Å². The van der Waals surface area contributed by atoms with E-state index < -0.39 is 11.9 Å². The van der Waals surface area contributed by atoms with E-state index in [1.807, 2.05) is 12.1 Å². The molecule has 3 rings (SSSR count). The first kappa shape index (κ1) is 18.5. The number of nitrogens with zero attached hydrogens (tertiary/aromatic N) is 3. The van der Waals surface area contributed by atoms with Crippen LogP contribution in [0, 0.1) is 11.3 Å². The van der Waals surface area contributed by atoms with Gasteiger partial charge in [0.2, 0.25) is 5.88 Å². The molecule has 8 heteroatoms. The quantitative estimate of drug-likeness (QED) is 0.812. The van der Waals surface area contributed by atoms with Crippen molar-refractivity contribution in [2.45, 2.75) is 19.8 Å². The molecule has 0 saturated heterocycles. The fourth-order valence-corrected chi connectivity index (χ4v) is 3.27. The number of rotatable bonds is 4. The molecule has 27 heavy (non-hydrogen) atoms.